The molecule has 1 aromatic carbocycles. The number of nitrogens with one attached hydrogen (secondary N) is 2. The van der Waals surface area contributed by atoms with E-state index in [1.807, 2.05) is 6.92 Å². The molecule has 7 heteroatoms. The summed E-state index contributed by atoms with van der Waals surface area (Å²) in [6.07, 6.45) is 9.46. The average molecular weight is 458 g/mol. The fraction of sp³-hybridized carbons (Fsp3) is 0.577. The Morgan fingerprint density at radius 1 is 1.06 bits per heavy atom. The van der Waals surface area contributed by atoms with Crippen LogP contribution in [0.1, 0.15) is 83.9 Å². The van der Waals surface area contributed by atoms with Gasteiger partial charge in [0.05, 0.1) is 0 Å². The number of alkyl carbamates (subject to hydrolysis) is 1. The number of nitrogens with zero attached hydrogens (tertiary/aromatic N) is 1. The molecular weight excluding hydrogens is 418 g/mol. The predicted octanol–water partition coefficient (Wildman–Crippen LogP) is 4.17. The van der Waals surface area contributed by atoms with Crippen molar-refractivity contribution in [2.45, 2.75) is 78.4 Å². The van der Waals surface area contributed by atoms with E-state index < -0.39 is 17.7 Å². The van der Waals surface area contributed by atoms with Gasteiger partial charge in [-0.1, -0.05) is 57.2 Å². The smallest absolute Gasteiger partial charge is 0.408 e. The SMILES string of the molecule is C#Cc1ccccc1C(C(=O)NCCCCC)N(CCCC)C(=O)CNC(=O)OC(C)(C)C. The van der Waals surface area contributed by atoms with Crippen molar-refractivity contribution >= 4 is 17.9 Å². The van der Waals surface area contributed by atoms with Gasteiger partial charge in [-0.3, -0.25) is 9.59 Å². The molecule has 2 N–H and O–H groups in total. The first kappa shape index (κ1) is 28.0. The number of unbranched alkanes of at least 4 members (excludes halogenated alkanes) is 3. The molecule has 33 heavy (non-hydrogen) atoms. The lowest BCUT2D eigenvalue weighted by Crippen LogP contribution is -2.48. The van der Waals surface area contributed by atoms with Gasteiger partial charge in [-0.2, -0.15) is 0 Å². The van der Waals surface area contributed by atoms with E-state index in [1.165, 1.54) is 4.90 Å². The summed E-state index contributed by atoms with van der Waals surface area (Å²) in [5, 5.41) is 5.47. The van der Waals surface area contributed by atoms with Gasteiger partial charge in [0.2, 0.25) is 11.8 Å². The van der Waals surface area contributed by atoms with Crippen molar-refractivity contribution in [3.63, 3.8) is 0 Å². The van der Waals surface area contributed by atoms with Crippen LogP contribution >= 0.6 is 0 Å². The number of benzene rings is 1. The molecule has 0 heterocycles. The first-order valence-corrected chi connectivity index (χ1v) is 11.7. The Kier molecular flexibility index (Phi) is 12.1. The van der Waals surface area contributed by atoms with Crippen molar-refractivity contribution in [2.24, 2.45) is 0 Å². The van der Waals surface area contributed by atoms with Gasteiger partial charge in [0.15, 0.2) is 0 Å². The molecule has 0 aliphatic carbocycles. The van der Waals surface area contributed by atoms with Gasteiger partial charge in [-0.05, 0) is 45.2 Å². The number of carbonyl (C=O) groups excluding carboxylic acids is 3. The summed E-state index contributed by atoms with van der Waals surface area (Å²) >= 11 is 0. The molecule has 1 atom stereocenters. The lowest BCUT2D eigenvalue weighted by Gasteiger charge is -2.32. The molecule has 1 aromatic rings. The molecule has 0 aromatic heterocycles. The summed E-state index contributed by atoms with van der Waals surface area (Å²) in [7, 11) is 0. The lowest BCUT2D eigenvalue weighted by molar-refractivity contribution is -0.140. The summed E-state index contributed by atoms with van der Waals surface area (Å²) in [6.45, 7) is 9.95. The third-order valence-corrected chi connectivity index (χ3v) is 4.91. The van der Waals surface area contributed by atoms with Crippen LogP contribution in [-0.4, -0.2) is 48.0 Å². The minimum absolute atomic E-state index is 0.281. The van der Waals surface area contributed by atoms with Crippen LogP contribution in [0.25, 0.3) is 0 Å². The molecule has 0 radical (unpaired) electrons. The third kappa shape index (κ3) is 9.98. The van der Waals surface area contributed by atoms with E-state index in [4.69, 9.17) is 11.2 Å². The summed E-state index contributed by atoms with van der Waals surface area (Å²) in [5.41, 5.74) is 0.470. The molecule has 3 amide bonds. The number of rotatable bonds is 12. The van der Waals surface area contributed by atoms with Crippen LogP contribution in [-0.2, 0) is 14.3 Å². The van der Waals surface area contributed by atoms with E-state index in [1.54, 1.807) is 45.0 Å². The number of hydrogen-bond acceptors (Lipinski definition) is 4. The zero-order chi connectivity index (χ0) is 24.9. The van der Waals surface area contributed by atoms with Gasteiger partial charge >= 0.3 is 6.09 Å². The normalized spacial score (nSPS) is 11.8. The largest absolute Gasteiger partial charge is 0.444 e. The fourth-order valence-corrected chi connectivity index (χ4v) is 3.29. The van der Waals surface area contributed by atoms with Crippen molar-refractivity contribution < 1.29 is 19.1 Å². The van der Waals surface area contributed by atoms with E-state index >= 15 is 0 Å². The topological polar surface area (TPSA) is 87.7 Å². The van der Waals surface area contributed by atoms with E-state index in [-0.39, 0.29) is 18.4 Å². The number of terminal acetylenes is 1. The van der Waals surface area contributed by atoms with Gasteiger partial charge < -0.3 is 20.3 Å². The third-order valence-electron chi connectivity index (χ3n) is 4.91. The van der Waals surface area contributed by atoms with Crippen LogP contribution in [0, 0.1) is 12.3 Å². The molecule has 7 nitrogen and oxygen atoms in total. The highest BCUT2D eigenvalue weighted by Gasteiger charge is 2.32. The second kappa shape index (κ2) is 14.2. The predicted molar refractivity (Wildman–Crippen MR) is 131 cm³/mol. The molecule has 1 unspecified atom stereocenters. The Balaban J connectivity index is 3.19. The highest BCUT2D eigenvalue weighted by molar-refractivity contribution is 5.91. The molecular formula is C26H39N3O4. The first-order chi connectivity index (χ1) is 15.6. The summed E-state index contributed by atoms with van der Waals surface area (Å²) in [6, 6.07) is 6.25. The Morgan fingerprint density at radius 3 is 2.33 bits per heavy atom. The standard InChI is InChI=1S/C26H39N3O4/c1-7-10-14-17-27-24(31)23(21-16-13-12-15-20(21)9-3)29(18-11-8-2)22(30)19-28-25(32)33-26(4,5)6/h3,12-13,15-16,23H,7-8,10-11,14,17-19H2,1-2,4-6H3,(H,27,31)(H,28,32). The molecule has 1 rings (SSSR count). The summed E-state index contributed by atoms with van der Waals surface area (Å²) in [4.78, 5) is 40.1. The van der Waals surface area contributed by atoms with Crippen LogP contribution in [0.2, 0.25) is 0 Å². The van der Waals surface area contributed by atoms with Gasteiger partial charge in [-0.25, -0.2) is 4.79 Å². The molecule has 0 aliphatic heterocycles. The average Bonchev–Trinajstić information content (AvgIpc) is 2.76. The Bertz CT molecular complexity index is 824. The first-order valence-electron chi connectivity index (χ1n) is 11.7. The van der Waals surface area contributed by atoms with Crippen LogP contribution < -0.4 is 10.6 Å². The number of hydrogen-bond donors (Lipinski definition) is 2. The highest BCUT2D eigenvalue weighted by atomic mass is 16.6. The summed E-state index contributed by atoms with van der Waals surface area (Å²) < 4.78 is 5.23. The van der Waals surface area contributed by atoms with Crippen LogP contribution in [0.4, 0.5) is 4.79 Å². The van der Waals surface area contributed by atoms with Crippen molar-refractivity contribution in [1.29, 1.82) is 0 Å². The zero-order valence-corrected chi connectivity index (χ0v) is 20.7. The number of amides is 3. The Labute approximate surface area is 198 Å². The maximum absolute atomic E-state index is 13.3. The Hall–Kier alpha value is -3.01. The molecule has 0 fully saturated rings. The van der Waals surface area contributed by atoms with Gasteiger partial charge in [0.25, 0.3) is 0 Å². The zero-order valence-electron chi connectivity index (χ0n) is 20.7. The van der Waals surface area contributed by atoms with Crippen LogP contribution in [0.5, 0.6) is 0 Å². The lowest BCUT2D eigenvalue weighted by atomic mass is 9.97. The van der Waals surface area contributed by atoms with E-state index in [0.29, 0.717) is 30.6 Å². The highest BCUT2D eigenvalue weighted by Crippen LogP contribution is 2.25. The maximum Gasteiger partial charge on any atom is 0.408 e. The van der Waals surface area contributed by atoms with Crippen LogP contribution in [0.15, 0.2) is 24.3 Å². The van der Waals surface area contributed by atoms with Gasteiger partial charge in [0.1, 0.15) is 18.2 Å². The molecule has 0 saturated carbocycles. The van der Waals surface area contributed by atoms with Crippen molar-refractivity contribution in [3.05, 3.63) is 35.4 Å². The minimum Gasteiger partial charge on any atom is -0.444 e. The maximum atomic E-state index is 13.3. The van der Waals surface area contributed by atoms with E-state index in [2.05, 4.69) is 23.5 Å². The monoisotopic (exact) mass is 457 g/mol. The second-order valence-electron chi connectivity index (χ2n) is 8.93. The molecule has 0 saturated heterocycles. The van der Waals surface area contributed by atoms with Gasteiger partial charge in [0, 0.05) is 18.7 Å². The second-order valence-corrected chi connectivity index (χ2v) is 8.93. The molecule has 0 spiro atoms. The quantitative estimate of drug-likeness (QED) is 0.364. The molecule has 0 bridgehead atoms. The van der Waals surface area contributed by atoms with Crippen LogP contribution in [0.3, 0.4) is 0 Å². The molecule has 0 aliphatic rings. The number of ether oxygens (including phenoxy) is 1. The van der Waals surface area contributed by atoms with Crippen molar-refractivity contribution in [2.75, 3.05) is 19.6 Å². The van der Waals surface area contributed by atoms with E-state index in [9.17, 15) is 14.4 Å². The fourth-order valence-electron chi connectivity index (χ4n) is 3.29. The number of carbonyl (C=O) groups is 3. The van der Waals surface area contributed by atoms with E-state index in [0.717, 1.165) is 25.7 Å². The molecule has 182 valence electrons. The van der Waals surface area contributed by atoms with Gasteiger partial charge in [-0.15, -0.1) is 6.42 Å². The van der Waals surface area contributed by atoms with Crippen molar-refractivity contribution in [3.8, 4) is 12.3 Å². The van der Waals surface area contributed by atoms with Crippen molar-refractivity contribution in [1.82, 2.24) is 15.5 Å². The minimum atomic E-state index is -0.890. The summed E-state index contributed by atoms with van der Waals surface area (Å²) in [5.74, 6) is 1.96. The Morgan fingerprint density at radius 2 is 1.73 bits per heavy atom.